The molecule has 0 bridgehead atoms. The lowest BCUT2D eigenvalue weighted by molar-refractivity contribution is 0.516. The summed E-state index contributed by atoms with van der Waals surface area (Å²) in [5, 5.41) is 5.64. The second-order valence-electron chi connectivity index (χ2n) is 6.58. The summed E-state index contributed by atoms with van der Waals surface area (Å²) < 4.78 is 2.36. The van der Waals surface area contributed by atoms with E-state index in [2.05, 4.69) is 55.9 Å². The standard InChI is InChI=1S/C18H27ClN2/c1-13(2)6-5-9-21-12-15(11-20-14(3)4)17-8-7-16(19)10-18(17)21/h7-8,10,12-14,20H,5-6,9,11H2,1-4H3. The summed E-state index contributed by atoms with van der Waals surface area (Å²) in [5.74, 6) is 0.762. The van der Waals surface area contributed by atoms with Crippen LogP contribution in [0.3, 0.4) is 0 Å². The summed E-state index contributed by atoms with van der Waals surface area (Å²) in [6.07, 6.45) is 4.77. The van der Waals surface area contributed by atoms with Gasteiger partial charge in [0.1, 0.15) is 0 Å². The summed E-state index contributed by atoms with van der Waals surface area (Å²) in [7, 11) is 0. The van der Waals surface area contributed by atoms with Gasteiger partial charge >= 0.3 is 0 Å². The van der Waals surface area contributed by atoms with Gasteiger partial charge in [-0.25, -0.2) is 0 Å². The molecule has 3 heteroatoms. The predicted octanol–water partition coefficient (Wildman–Crippen LogP) is 5.23. The van der Waals surface area contributed by atoms with E-state index in [0.29, 0.717) is 6.04 Å². The van der Waals surface area contributed by atoms with Crippen LogP contribution in [0, 0.1) is 5.92 Å². The number of fused-ring (bicyclic) bond motifs is 1. The van der Waals surface area contributed by atoms with Crippen LogP contribution in [-0.4, -0.2) is 10.6 Å². The Labute approximate surface area is 133 Å². The molecule has 0 amide bonds. The number of halogens is 1. The minimum absolute atomic E-state index is 0.497. The summed E-state index contributed by atoms with van der Waals surface area (Å²) in [5.41, 5.74) is 2.62. The van der Waals surface area contributed by atoms with Gasteiger partial charge < -0.3 is 9.88 Å². The number of benzene rings is 1. The third-order valence-corrected chi connectivity index (χ3v) is 4.04. The van der Waals surface area contributed by atoms with E-state index in [4.69, 9.17) is 11.6 Å². The molecule has 0 aliphatic rings. The maximum absolute atomic E-state index is 6.18. The first-order chi connectivity index (χ1) is 9.97. The van der Waals surface area contributed by atoms with Gasteiger partial charge in [-0.05, 0) is 36.5 Å². The van der Waals surface area contributed by atoms with Crippen LogP contribution in [0.15, 0.2) is 24.4 Å². The van der Waals surface area contributed by atoms with Crippen LogP contribution in [0.2, 0.25) is 5.02 Å². The van der Waals surface area contributed by atoms with Crippen molar-refractivity contribution in [3.63, 3.8) is 0 Å². The molecule has 2 nitrogen and oxygen atoms in total. The van der Waals surface area contributed by atoms with E-state index in [1.54, 1.807) is 0 Å². The number of aromatic nitrogens is 1. The van der Waals surface area contributed by atoms with Crippen molar-refractivity contribution < 1.29 is 0 Å². The lowest BCUT2D eigenvalue weighted by atomic mass is 10.1. The number of nitrogens with one attached hydrogen (secondary N) is 1. The Balaban J connectivity index is 2.24. The second-order valence-corrected chi connectivity index (χ2v) is 7.02. The Morgan fingerprint density at radius 3 is 2.62 bits per heavy atom. The zero-order chi connectivity index (χ0) is 15.4. The van der Waals surface area contributed by atoms with Crippen molar-refractivity contribution in [1.82, 2.24) is 9.88 Å². The maximum atomic E-state index is 6.18. The molecule has 0 atom stereocenters. The van der Waals surface area contributed by atoms with E-state index < -0.39 is 0 Å². The highest BCUT2D eigenvalue weighted by atomic mass is 35.5. The number of rotatable bonds is 7. The van der Waals surface area contributed by atoms with Gasteiger partial charge in [-0.3, -0.25) is 0 Å². The van der Waals surface area contributed by atoms with E-state index in [1.165, 1.54) is 29.3 Å². The molecule has 0 fully saturated rings. The van der Waals surface area contributed by atoms with Crippen LogP contribution >= 0.6 is 11.6 Å². The first kappa shape index (κ1) is 16.4. The van der Waals surface area contributed by atoms with Crippen LogP contribution in [0.4, 0.5) is 0 Å². The Bertz CT molecular complexity index is 584. The Morgan fingerprint density at radius 2 is 1.95 bits per heavy atom. The van der Waals surface area contributed by atoms with Crippen LogP contribution in [0.5, 0.6) is 0 Å². The third kappa shape index (κ3) is 4.49. The van der Waals surface area contributed by atoms with Crippen LogP contribution < -0.4 is 5.32 Å². The molecule has 0 aliphatic carbocycles. The van der Waals surface area contributed by atoms with Gasteiger partial charge in [-0.15, -0.1) is 0 Å². The Morgan fingerprint density at radius 1 is 1.19 bits per heavy atom. The minimum Gasteiger partial charge on any atom is -0.347 e. The number of aryl methyl sites for hydroxylation is 1. The molecule has 116 valence electrons. The quantitative estimate of drug-likeness (QED) is 0.741. The summed E-state index contributed by atoms with van der Waals surface area (Å²) >= 11 is 6.18. The van der Waals surface area contributed by atoms with Gasteiger partial charge in [-0.2, -0.15) is 0 Å². The molecule has 0 saturated carbocycles. The van der Waals surface area contributed by atoms with Crippen molar-refractivity contribution >= 4 is 22.5 Å². The average molecular weight is 307 g/mol. The molecule has 0 aliphatic heterocycles. The highest BCUT2D eigenvalue weighted by Gasteiger charge is 2.09. The van der Waals surface area contributed by atoms with Crippen LogP contribution in [-0.2, 0) is 13.1 Å². The molecule has 1 aromatic heterocycles. The molecule has 21 heavy (non-hydrogen) atoms. The van der Waals surface area contributed by atoms with Crippen molar-refractivity contribution in [3.05, 3.63) is 35.0 Å². The van der Waals surface area contributed by atoms with E-state index in [0.717, 1.165) is 24.0 Å². The Hall–Kier alpha value is -0.990. The minimum atomic E-state index is 0.497. The van der Waals surface area contributed by atoms with Crippen LogP contribution in [0.25, 0.3) is 10.9 Å². The molecule has 2 aromatic rings. The molecule has 0 saturated heterocycles. The largest absolute Gasteiger partial charge is 0.347 e. The molecular weight excluding hydrogens is 280 g/mol. The number of hydrogen-bond donors (Lipinski definition) is 1. The average Bonchev–Trinajstić information content (AvgIpc) is 2.74. The maximum Gasteiger partial charge on any atom is 0.0498 e. The van der Waals surface area contributed by atoms with E-state index in [-0.39, 0.29) is 0 Å². The van der Waals surface area contributed by atoms with Gasteiger partial charge in [0.05, 0.1) is 0 Å². The monoisotopic (exact) mass is 306 g/mol. The van der Waals surface area contributed by atoms with E-state index >= 15 is 0 Å². The second kappa shape index (κ2) is 7.33. The number of hydrogen-bond acceptors (Lipinski definition) is 1. The molecule has 0 radical (unpaired) electrons. The normalized spacial score (nSPS) is 12.0. The molecule has 1 N–H and O–H groups in total. The Kier molecular flexibility index (Phi) is 5.72. The first-order valence-corrected chi connectivity index (χ1v) is 8.36. The van der Waals surface area contributed by atoms with E-state index in [9.17, 15) is 0 Å². The van der Waals surface area contributed by atoms with Crippen molar-refractivity contribution in [1.29, 1.82) is 0 Å². The fourth-order valence-electron chi connectivity index (χ4n) is 2.65. The lowest BCUT2D eigenvalue weighted by Crippen LogP contribution is -2.21. The highest BCUT2D eigenvalue weighted by molar-refractivity contribution is 6.31. The molecule has 2 rings (SSSR count). The molecule has 1 heterocycles. The molecule has 0 spiro atoms. The van der Waals surface area contributed by atoms with Gasteiger partial charge in [0, 0.05) is 41.3 Å². The van der Waals surface area contributed by atoms with Crippen molar-refractivity contribution in [2.24, 2.45) is 5.92 Å². The van der Waals surface area contributed by atoms with Gasteiger partial charge in [0.25, 0.3) is 0 Å². The smallest absolute Gasteiger partial charge is 0.0498 e. The topological polar surface area (TPSA) is 17.0 Å². The van der Waals surface area contributed by atoms with Gasteiger partial charge in [0.2, 0.25) is 0 Å². The van der Waals surface area contributed by atoms with Crippen molar-refractivity contribution in [2.45, 2.75) is 59.7 Å². The van der Waals surface area contributed by atoms with Crippen LogP contribution in [0.1, 0.15) is 46.1 Å². The van der Waals surface area contributed by atoms with Gasteiger partial charge in [-0.1, -0.05) is 45.4 Å². The highest BCUT2D eigenvalue weighted by Crippen LogP contribution is 2.25. The lowest BCUT2D eigenvalue weighted by Gasteiger charge is -2.07. The zero-order valence-electron chi connectivity index (χ0n) is 13.6. The zero-order valence-corrected chi connectivity index (χ0v) is 14.4. The fraction of sp³-hybridized carbons (Fsp3) is 0.556. The number of nitrogens with zero attached hydrogens (tertiary/aromatic N) is 1. The molecular formula is C18H27ClN2. The first-order valence-electron chi connectivity index (χ1n) is 7.98. The van der Waals surface area contributed by atoms with Crippen molar-refractivity contribution in [2.75, 3.05) is 0 Å². The van der Waals surface area contributed by atoms with Gasteiger partial charge in [0.15, 0.2) is 0 Å². The summed E-state index contributed by atoms with van der Waals surface area (Å²) in [6, 6.07) is 6.72. The molecule has 1 aromatic carbocycles. The summed E-state index contributed by atoms with van der Waals surface area (Å²) in [6.45, 7) is 10.9. The molecule has 0 unspecified atom stereocenters. The predicted molar refractivity (Wildman–Crippen MR) is 93.0 cm³/mol. The van der Waals surface area contributed by atoms with Crippen molar-refractivity contribution in [3.8, 4) is 0 Å². The van der Waals surface area contributed by atoms with E-state index in [1.807, 2.05) is 6.07 Å². The SMILES string of the molecule is CC(C)CCCn1cc(CNC(C)C)c2ccc(Cl)cc21. The summed E-state index contributed by atoms with van der Waals surface area (Å²) in [4.78, 5) is 0. The fourth-order valence-corrected chi connectivity index (χ4v) is 2.82. The third-order valence-electron chi connectivity index (χ3n) is 3.81.